The summed E-state index contributed by atoms with van der Waals surface area (Å²) < 4.78 is 4.96. The second kappa shape index (κ2) is 5.97. The van der Waals surface area contributed by atoms with Gasteiger partial charge in [0.2, 0.25) is 11.2 Å². The summed E-state index contributed by atoms with van der Waals surface area (Å²) in [5, 5.41) is 5.39. The summed E-state index contributed by atoms with van der Waals surface area (Å²) in [5.74, 6) is 0.423. The van der Waals surface area contributed by atoms with Crippen LogP contribution < -0.4 is 10.1 Å². The Bertz CT molecular complexity index is 506. The highest BCUT2D eigenvalue weighted by molar-refractivity contribution is 7.10. The molecule has 0 aliphatic rings. The van der Waals surface area contributed by atoms with Gasteiger partial charge < -0.3 is 10.1 Å². The molecule has 0 saturated carbocycles. The SMILES string of the molecule is CCC(Nc1nc(Cl)nc(OC)n1)c1cccs1. The molecule has 0 fully saturated rings. The average molecular weight is 285 g/mol. The number of ether oxygens (including phenoxy) is 1. The van der Waals surface area contributed by atoms with Gasteiger partial charge in [0.05, 0.1) is 13.2 Å². The lowest BCUT2D eigenvalue weighted by Crippen LogP contribution is -2.11. The van der Waals surface area contributed by atoms with Crippen molar-refractivity contribution in [1.82, 2.24) is 15.0 Å². The minimum absolute atomic E-state index is 0.116. The third-order valence-corrected chi connectivity index (χ3v) is 3.52. The van der Waals surface area contributed by atoms with Gasteiger partial charge in [-0.2, -0.15) is 15.0 Å². The number of nitrogens with zero attached hydrogens (tertiary/aromatic N) is 3. The molecular weight excluding hydrogens is 272 g/mol. The van der Waals surface area contributed by atoms with Gasteiger partial charge in [0.1, 0.15) is 0 Å². The number of aromatic nitrogens is 3. The van der Waals surface area contributed by atoms with Crippen molar-refractivity contribution in [2.24, 2.45) is 0 Å². The zero-order valence-corrected chi connectivity index (χ0v) is 11.6. The first-order chi connectivity index (χ1) is 8.72. The summed E-state index contributed by atoms with van der Waals surface area (Å²) in [5.41, 5.74) is 0. The zero-order chi connectivity index (χ0) is 13.0. The molecule has 1 unspecified atom stereocenters. The van der Waals surface area contributed by atoms with Gasteiger partial charge in [-0.15, -0.1) is 11.3 Å². The molecule has 0 aromatic carbocycles. The van der Waals surface area contributed by atoms with Gasteiger partial charge in [0.25, 0.3) is 0 Å². The highest BCUT2D eigenvalue weighted by Crippen LogP contribution is 2.25. The molecule has 2 aromatic rings. The molecule has 0 saturated heterocycles. The Hall–Kier alpha value is -1.40. The van der Waals surface area contributed by atoms with E-state index in [0.29, 0.717) is 5.95 Å². The fourth-order valence-electron chi connectivity index (χ4n) is 1.51. The third-order valence-electron chi connectivity index (χ3n) is 2.37. The van der Waals surface area contributed by atoms with Crippen molar-refractivity contribution in [3.63, 3.8) is 0 Å². The third kappa shape index (κ3) is 3.08. The first-order valence-electron chi connectivity index (χ1n) is 5.48. The predicted octanol–water partition coefficient (Wildman–Crippen LogP) is 3.16. The second-order valence-corrected chi connectivity index (χ2v) is 4.85. The molecule has 0 bridgehead atoms. The van der Waals surface area contributed by atoms with Crippen LogP contribution in [0.5, 0.6) is 6.01 Å². The lowest BCUT2D eigenvalue weighted by Gasteiger charge is -2.15. The lowest BCUT2D eigenvalue weighted by molar-refractivity contribution is 0.378. The van der Waals surface area contributed by atoms with E-state index in [-0.39, 0.29) is 17.3 Å². The van der Waals surface area contributed by atoms with Crippen molar-refractivity contribution < 1.29 is 4.74 Å². The highest BCUT2D eigenvalue weighted by Gasteiger charge is 2.13. The van der Waals surface area contributed by atoms with Gasteiger partial charge in [-0.1, -0.05) is 13.0 Å². The van der Waals surface area contributed by atoms with Gasteiger partial charge in [-0.25, -0.2) is 0 Å². The summed E-state index contributed by atoms with van der Waals surface area (Å²) in [6.45, 7) is 2.09. The van der Waals surface area contributed by atoms with Crippen LogP contribution in [0.25, 0.3) is 0 Å². The van der Waals surface area contributed by atoms with E-state index in [1.54, 1.807) is 11.3 Å². The molecule has 2 rings (SSSR count). The Morgan fingerprint density at radius 1 is 1.44 bits per heavy atom. The monoisotopic (exact) mass is 284 g/mol. The molecule has 0 aliphatic carbocycles. The Labute approximate surface area is 114 Å². The smallest absolute Gasteiger partial charge is 0.322 e. The largest absolute Gasteiger partial charge is 0.467 e. The Kier molecular flexibility index (Phi) is 4.33. The number of nitrogens with one attached hydrogen (secondary N) is 1. The normalized spacial score (nSPS) is 12.2. The van der Waals surface area contributed by atoms with E-state index in [1.807, 2.05) is 11.4 Å². The van der Waals surface area contributed by atoms with Gasteiger partial charge in [0.15, 0.2) is 0 Å². The first-order valence-corrected chi connectivity index (χ1v) is 6.74. The number of hydrogen-bond acceptors (Lipinski definition) is 6. The van der Waals surface area contributed by atoms with Crippen molar-refractivity contribution in [2.45, 2.75) is 19.4 Å². The van der Waals surface area contributed by atoms with Gasteiger partial charge in [0, 0.05) is 4.88 Å². The summed E-state index contributed by atoms with van der Waals surface area (Å²) >= 11 is 7.49. The van der Waals surface area contributed by atoms with E-state index < -0.39 is 0 Å². The van der Waals surface area contributed by atoms with E-state index in [4.69, 9.17) is 16.3 Å². The first kappa shape index (κ1) is 13.0. The van der Waals surface area contributed by atoms with Crippen molar-refractivity contribution in [1.29, 1.82) is 0 Å². The van der Waals surface area contributed by atoms with E-state index >= 15 is 0 Å². The van der Waals surface area contributed by atoms with Crippen LogP contribution in [0.1, 0.15) is 24.3 Å². The molecule has 2 heterocycles. The van der Waals surface area contributed by atoms with Gasteiger partial charge in [-0.05, 0) is 29.5 Å². The number of thiophene rings is 1. The maximum absolute atomic E-state index is 5.80. The quantitative estimate of drug-likeness (QED) is 0.914. The van der Waals surface area contributed by atoms with Gasteiger partial charge >= 0.3 is 6.01 Å². The molecule has 0 aliphatic heterocycles. The van der Waals surface area contributed by atoms with Crippen LogP contribution in [-0.4, -0.2) is 22.1 Å². The minimum atomic E-state index is 0.116. The molecule has 1 N–H and O–H groups in total. The van der Waals surface area contributed by atoms with Crippen molar-refractivity contribution in [3.05, 3.63) is 27.7 Å². The second-order valence-electron chi connectivity index (χ2n) is 3.54. The maximum Gasteiger partial charge on any atom is 0.322 e. The molecule has 0 spiro atoms. The van der Waals surface area contributed by atoms with Crippen LogP contribution >= 0.6 is 22.9 Å². The van der Waals surface area contributed by atoms with Crippen LogP contribution in [0.15, 0.2) is 17.5 Å². The molecule has 18 heavy (non-hydrogen) atoms. The van der Waals surface area contributed by atoms with Crippen molar-refractivity contribution in [3.8, 4) is 6.01 Å². The molecule has 96 valence electrons. The summed E-state index contributed by atoms with van der Waals surface area (Å²) in [6, 6.07) is 4.46. The van der Waals surface area contributed by atoms with Crippen LogP contribution in [-0.2, 0) is 0 Å². The predicted molar refractivity (Wildman–Crippen MR) is 72.4 cm³/mol. The number of methoxy groups -OCH3 is 1. The molecule has 0 radical (unpaired) electrons. The Morgan fingerprint density at radius 2 is 2.28 bits per heavy atom. The Morgan fingerprint density at radius 3 is 2.89 bits per heavy atom. The van der Waals surface area contributed by atoms with Crippen LogP contribution in [0.4, 0.5) is 5.95 Å². The minimum Gasteiger partial charge on any atom is -0.467 e. The molecule has 2 aromatic heterocycles. The van der Waals surface area contributed by atoms with Crippen molar-refractivity contribution >= 4 is 28.9 Å². The summed E-state index contributed by atoms with van der Waals surface area (Å²) in [4.78, 5) is 13.2. The number of halogens is 1. The van der Waals surface area contributed by atoms with Crippen LogP contribution in [0, 0.1) is 0 Å². The number of anilines is 1. The van der Waals surface area contributed by atoms with E-state index in [1.165, 1.54) is 12.0 Å². The highest BCUT2D eigenvalue weighted by atomic mass is 35.5. The van der Waals surface area contributed by atoms with E-state index in [9.17, 15) is 0 Å². The van der Waals surface area contributed by atoms with Crippen molar-refractivity contribution in [2.75, 3.05) is 12.4 Å². The maximum atomic E-state index is 5.80. The van der Waals surface area contributed by atoms with E-state index in [0.717, 1.165) is 6.42 Å². The molecule has 5 nitrogen and oxygen atoms in total. The number of rotatable bonds is 5. The van der Waals surface area contributed by atoms with E-state index in [2.05, 4.69) is 33.3 Å². The average Bonchev–Trinajstić information content (AvgIpc) is 2.89. The van der Waals surface area contributed by atoms with Crippen LogP contribution in [0.3, 0.4) is 0 Å². The fraction of sp³-hybridized carbons (Fsp3) is 0.364. The van der Waals surface area contributed by atoms with Gasteiger partial charge in [-0.3, -0.25) is 0 Å². The van der Waals surface area contributed by atoms with Crippen LogP contribution in [0.2, 0.25) is 5.28 Å². The summed E-state index contributed by atoms with van der Waals surface area (Å²) in [7, 11) is 1.49. The molecule has 1 atom stereocenters. The summed E-state index contributed by atoms with van der Waals surface area (Å²) in [6.07, 6.45) is 0.923. The standard InChI is InChI=1S/C11H13ClN4OS/c1-3-7(8-5-4-6-18-8)13-10-14-9(12)15-11(16-10)17-2/h4-7H,3H2,1-2H3,(H,13,14,15,16). The Balaban J connectivity index is 2.19. The topological polar surface area (TPSA) is 59.9 Å². The molecule has 0 amide bonds. The molecule has 7 heteroatoms. The lowest BCUT2D eigenvalue weighted by atomic mass is 10.2. The zero-order valence-electron chi connectivity index (χ0n) is 10.1. The fourth-order valence-corrected chi connectivity index (χ4v) is 2.52. The molecular formula is C11H13ClN4OS. The number of hydrogen-bond donors (Lipinski definition) is 1.